The van der Waals surface area contributed by atoms with Gasteiger partial charge in [-0.1, -0.05) is 18.2 Å². The van der Waals surface area contributed by atoms with Gasteiger partial charge in [0.15, 0.2) is 5.82 Å². The van der Waals surface area contributed by atoms with E-state index in [0.717, 1.165) is 17.7 Å². The highest BCUT2D eigenvalue weighted by Gasteiger charge is 2.30. The second-order valence-electron chi connectivity index (χ2n) is 6.84. The molecule has 10 nitrogen and oxygen atoms in total. The Kier molecular flexibility index (Phi) is 5.85. The van der Waals surface area contributed by atoms with Crippen molar-refractivity contribution in [2.45, 2.75) is 13.1 Å². The summed E-state index contributed by atoms with van der Waals surface area (Å²) < 4.78 is 40.1. The lowest BCUT2D eigenvalue weighted by atomic mass is 10.1. The van der Waals surface area contributed by atoms with Gasteiger partial charge in [0.25, 0.3) is 0 Å². The second-order valence-corrected chi connectivity index (χ2v) is 6.84. The lowest BCUT2D eigenvalue weighted by molar-refractivity contribution is -0.137. The summed E-state index contributed by atoms with van der Waals surface area (Å²) >= 11 is 0. The average Bonchev–Trinajstić information content (AvgIpc) is 3.34. The maximum atomic E-state index is 12.9. The molecule has 0 aliphatic rings. The molecule has 0 atom stereocenters. The quantitative estimate of drug-likeness (QED) is 0.393. The minimum atomic E-state index is -4.45. The van der Waals surface area contributed by atoms with Gasteiger partial charge in [-0.25, -0.2) is 14.9 Å². The first-order valence-corrected chi connectivity index (χ1v) is 9.48. The first-order valence-electron chi connectivity index (χ1n) is 9.48. The van der Waals surface area contributed by atoms with Crippen LogP contribution in [0.3, 0.4) is 0 Å². The molecule has 0 aliphatic carbocycles. The van der Waals surface area contributed by atoms with Gasteiger partial charge in [-0.2, -0.15) is 13.2 Å². The molecular weight excluding hydrogens is 439 g/mol. The summed E-state index contributed by atoms with van der Waals surface area (Å²) in [5.74, 6) is 0.194. The Morgan fingerprint density at radius 3 is 2.58 bits per heavy atom. The van der Waals surface area contributed by atoms with Gasteiger partial charge in [-0.05, 0) is 59.3 Å². The van der Waals surface area contributed by atoms with Crippen molar-refractivity contribution in [3.63, 3.8) is 0 Å². The van der Waals surface area contributed by atoms with Crippen LogP contribution in [0.1, 0.15) is 11.1 Å². The Hall–Kier alpha value is -4.55. The standard InChI is InChI=1S/C20H16F3N9O/c1-12-5-6-15(10-17(12)32-11-24-30-31-32)25-19(33)29-28-18-8-7-16(26-27-18)13-3-2-4-14(9-13)20(21,22)23/h2-11H,1H3,(H,27,28)(H2,25,29,33). The van der Waals surface area contributed by atoms with Crippen LogP contribution < -0.4 is 16.2 Å². The van der Waals surface area contributed by atoms with Gasteiger partial charge < -0.3 is 5.32 Å². The van der Waals surface area contributed by atoms with Crippen LogP contribution in [-0.2, 0) is 6.18 Å². The molecule has 0 bridgehead atoms. The largest absolute Gasteiger partial charge is 0.416 e. The molecule has 2 aromatic carbocycles. The fourth-order valence-electron chi connectivity index (χ4n) is 2.90. The maximum absolute atomic E-state index is 12.9. The SMILES string of the molecule is Cc1ccc(NC(=O)NNc2ccc(-c3cccc(C(F)(F)F)c3)nn2)cc1-n1cnnn1. The minimum absolute atomic E-state index is 0.194. The molecule has 0 saturated carbocycles. The maximum Gasteiger partial charge on any atom is 0.416 e. The van der Waals surface area contributed by atoms with Crippen molar-refractivity contribution in [3.05, 3.63) is 72.1 Å². The van der Waals surface area contributed by atoms with Crippen LogP contribution in [0.4, 0.5) is 29.5 Å². The fourth-order valence-corrected chi connectivity index (χ4v) is 2.90. The zero-order valence-electron chi connectivity index (χ0n) is 17.0. The van der Waals surface area contributed by atoms with E-state index < -0.39 is 17.8 Å². The number of aromatic nitrogens is 6. The summed E-state index contributed by atoms with van der Waals surface area (Å²) in [5, 5.41) is 21.5. The van der Waals surface area contributed by atoms with E-state index in [4.69, 9.17) is 0 Å². The van der Waals surface area contributed by atoms with E-state index in [1.54, 1.807) is 18.2 Å². The molecule has 0 radical (unpaired) electrons. The number of hydrazine groups is 1. The van der Waals surface area contributed by atoms with Crippen LogP contribution in [0.15, 0.2) is 60.9 Å². The summed E-state index contributed by atoms with van der Waals surface area (Å²) in [6, 6.07) is 12.4. The average molecular weight is 455 g/mol. The number of alkyl halides is 3. The monoisotopic (exact) mass is 455 g/mol. The zero-order chi connectivity index (χ0) is 23.4. The van der Waals surface area contributed by atoms with E-state index >= 15 is 0 Å². The molecule has 3 N–H and O–H groups in total. The van der Waals surface area contributed by atoms with Gasteiger partial charge in [0.05, 0.1) is 16.9 Å². The van der Waals surface area contributed by atoms with Crippen LogP contribution in [0.5, 0.6) is 0 Å². The van der Waals surface area contributed by atoms with Crippen LogP contribution >= 0.6 is 0 Å². The van der Waals surface area contributed by atoms with E-state index in [0.29, 0.717) is 11.4 Å². The van der Waals surface area contributed by atoms with Crippen molar-refractivity contribution < 1.29 is 18.0 Å². The van der Waals surface area contributed by atoms with Gasteiger partial charge in [0.1, 0.15) is 6.33 Å². The highest BCUT2D eigenvalue weighted by Crippen LogP contribution is 2.31. The molecule has 0 spiro atoms. The number of carbonyl (C=O) groups is 1. The van der Waals surface area contributed by atoms with Gasteiger partial charge in [-0.15, -0.1) is 15.3 Å². The van der Waals surface area contributed by atoms with E-state index in [-0.39, 0.29) is 17.1 Å². The van der Waals surface area contributed by atoms with E-state index in [2.05, 4.69) is 41.9 Å². The van der Waals surface area contributed by atoms with Crippen molar-refractivity contribution in [2.24, 2.45) is 0 Å². The number of benzene rings is 2. The predicted molar refractivity (Wildman–Crippen MR) is 112 cm³/mol. The number of anilines is 2. The summed E-state index contributed by atoms with van der Waals surface area (Å²) in [5.41, 5.74) is 6.83. The van der Waals surface area contributed by atoms with Gasteiger partial charge in [0, 0.05) is 11.3 Å². The molecule has 0 saturated heterocycles. The van der Waals surface area contributed by atoms with Crippen molar-refractivity contribution >= 4 is 17.5 Å². The predicted octanol–water partition coefficient (Wildman–Crippen LogP) is 3.60. The molecule has 33 heavy (non-hydrogen) atoms. The first-order chi connectivity index (χ1) is 15.8. The molecule has 168 valence electrons. The number of hydrogen-bond acceptors (Lipinski definition) is 7. The molecule has 2 aromatic heterocycles. The summed E-state index contributed by atoms with van der Waals surface area (Å²) in [6.45, 7) is 1.88. The smallest absolute Gasteiger partial charge is 0.307 e. The number of amides is 2. The van der Waals surface area contributed by atoms with E-state index in [9.17, 15) is 18.0 Å². The number of urea groups is 1. The zero-order valence-corrected chi connectivity index (χ0v) is 17.0. The molecule has 4 aromatic rings. The van der Waals surface area contributed by atoms with E-state index in [1.807, 2.05) is 6.92 Å². The lowest BCUT2D eigenvalue weighted by Gasteiger charge is -2.11. The van der Waals surface area contributed by atoms with Crippen molar-refractivity contribution in [1.82, 2.24) is 35.8 Å². The molecule has 0 unspecified atom stereocenters. The number of nitrogens with zero attached hydrogens (tertiary/aromatic N) is 6. The Labute approximate surface area is 184 Å². The number of halogens is 3. The summed E-state index contributed by atoms with van der Waals surface area (Å²) in [6.07, 6.45) is -3.01. The first kappa shape index (κ1) is 21.7. The third kappa shape index (κ3) is 5.20. The summed E-state index contributed by atoms with van der Waals surface area (Å²) in [7, 11) is 0. The number of nitrogens with one attached hydrogen (secondary N) is 3. The lowest BCUT2D eigenvalue weighted by Crippen LogP contribution is -2.34. The van der Waals surface area contributed by atoms with Crippen molar-refractivity contribution in [3.8, 4) is 16.9 Å². The van der Waals surface area contributed by atoms with Gasteiger partial charge in [0.2, 0.25) is 0 Å². The fraction of sp³-hybridized carbons (Fsp3) is 0.100. The van der Waals surface area contributed by atoms with Gasteiger partial charge in [-0.3, -0.25) is 5.43 Å². The Morgan fingerprint density at radius 1 is 1.03 bits per heavy atom. The number of tetrazole rings is 1. The van der Waals surface area contributed by atoms with Crippen LogP contribution in [0, 0.1) is 6.92 Å². The van der Waals surface area contributed by atoms with Crippen molar-refractivity contribution in [1.29, 1.82) is 0 Å². The molecule has 0 aliphatic heterocycles. The number of aryl methyl sites for hydroxylation is 1. The Bertz CT molecular complexity index is 1260. The number of hydrogen-bond donors (Lipinski definition) is 3. The Balaban J connectivity index is 1.37. The molecular formula is C20H16F3N9O. The second kappa shape index (κ2) is 8.90. The van der Waals surface area contributed by atoms with Crippen LogP contribution in [0.25, 0.3) is 16.9 Å². The molecule has 0 fully saturated rings. The topological polar surface area (TPSA) is 123 Å². The van der Waals surface area contributed by atoms with Crippen molar-refractivity contribution in [2.75, 3.05) is 10.7 Å². The van der Waals surface area contributed by atoms with Gasteiger partial charge >= 0.3 is 12.2 Å². The molecule has 2 amide bonds. The molecule has 4 rings (SSSR count). The Morgan fingerprint density at radius 2 is 1.88 bits per heavy atom. The summed E-state index contributed by atoms with van der Waals surface area (Å²) in [4.78, 5) is 12.2. The van der Waals surface area contributed by atoms with Crippen LogP contribution in [0.2, 0.25) is 0 Å². The third-order valence-corrected chi connectivity index (χ3v) is 4.52. The third-order valence-electron chi connectivity index (χ3n) is 4.52. The highest BCUT2D eigenvalue weighted by atomic mass is 19.4. The molecule has 13 heteroatoms. The highest BCUT2D eigenvalue weighted by molar-refractivity contribution is 5.90. The normalized spacial score (nSPS) is 11.2. The van der Waals surface area contributed by atoms with Crippen LogP contribution in [-0.4, -0.2) is 36.4 Å². The molecule has 2 heterocycles. The number of rotatable bonds is 5. The number of carbonyl (C=O) groups excluding carboxylic acids is 1. The van der Waals surface area contributed by atoms with E-state index in [1.165, 1.54) is 35.3 Å². The minimum Gasteiger partial charge on any atom is -0.307 e.